The fourth-order valence-electron chi connectivity index (χ4n) is 3.24. The summed E-state index contributed by atoms with van der Waals surface area (Å²) in [6, 6.07) is 6.02. The van der Waals surface area contributed by atoms with E-state index in [1.807, 2.05) is 6.92 Å². The molecular formula is C16H23N3O2. The van der Waals surface area contributed by atoms with E-state index in [9.17, 15) is 4.79 Å². The second kappa shape index (κ2) is 5.66. The number of carbonyl (C=O) groups excluding carboxylic acids is 1. The fourth-order valence-corrected chi connectivity index (χ4v) is 3.24. The lowest BCUT2D eigenvalue weighted by atomic mass is 10.1. The zero-order valence-corrected chi connectivity index (χ0v) is 12.8. The summed E-state index contributed by atoms with van der Waals surface area (Å²) in [5, 5.41) is 6.19. The molecule has 5 nitrogen and oxygen atoms in total. The van der Waals surface area contributed by atoms with Crippen LogP contribution >= 0.6 is 0 Å². The highest BCUT2D eigenvalue weighted by Gasteiger charge is 2.31. The number of likely N-dealkylation sites (N-methyl/N-ethyl adjacent to an activating group) is 1. The predicted molar refractivity (Wildman–Crippen MR) is 83.7 cm³/mol. The number of benzene rings is 1. The lowest BCUT2D eigenvalue weighted by molar-refractivity contribution is -0.117. The Morgan fingerprint density at radius 2 is 2.05 bits per heavy atom. The van der Waals surface area contributed by atoms with Gasteiger partial charge >= 0.3 is 0 Å². The Hall–Kier alpha value is -1.59. The van der Waals surface area contributed by atoms with Crippen LogP contribution in [0, 0.1) is 0 Å². The number of fused-ring (bicyclic) bond motifs is 1. The van der Waals surface area contributed by atoms with E-state index in [1.165, 1.54) is 0 Å². The van der Waals surface area contributed by atoms with Crippen molar-refractivity contribution in [1.82, 2.24) is 5.32 Å². The van der Waals surface area contributed by atoms with Gasteiger partial charge in [0.1, 0.15) is 6.04 Å². The van der Waals surface area contributed by atoms with Crippen LogP contribution in [0.3, 0.4) is 0 Å². The molecule has 2 aliphatic heterocycles. The zero-order valence-electron chi connectivity index (χ0n) is 12.8. The Morgan fingerprint density at radius 3 is 2.71 bits per heavy atom. The Morgan fingerprint density at radius 1 is 1.33 bits per heavy atom. The van der Waals surface area contributed by atoms with Gasteiger partial charge in [-0.2, -0.15) is 0 Å². The van der Waals surface area contributed by atoms with Gasteiger partial charge in [-0.25, -0.2) is 0 Å². The molecule has 2 heterocycles. The van der Waals surface area contributed by atoms with Gasteiger partial charge in [0.2, 0.25) is 5.91 Å². The first-order chi connectivity index (χ1) is 10.1. The standard InChI is InChI=1S/C16H23N3O2/c1-4-17-15-13-6-5-12(7-14(13)18-16(15)20)19-8-10(2)21-11(3)9-19/h5-7,10-11,15,17H,4,8-9H2,1-3H3,(H,18,20). The van der Waals surface area contributed by atoms with Crippen LogP contribution in [0.15, 0.2) is 18.2 Å². The molecule has 0 radical (unpaired) electrons. The first-order valence-electron chi connectivity index (χ1n) is 7.67. The Labute approximate surface area is 125 Å². The summed E-state index contributed by atoms with van der Waals surface area (Å²) < 4.78 is 5.78. The molecule has 114 valence electrons. The van der Waals surface area contributed by atoms with Crippen LogP contribution in [0.1, 0.15) is 32.4 Å². The van der Waals surface area contributed by atoms with E-state index in [-0.39, 0.29) is 24.2 Å². The van der Waals surface area contributed by atoms with Crippen molar-refractivity contribution in [2.75, 3.05) is 29.9 Å². The first-order valence-corrected chi connectivity index (χ1v) is 7.67. The molecule has 0 saturated carbocycles. The van der Waals surface area contributed by atoms with E-state index in [0.29, 0.717) is 0 Å². The maximum Gasteiger partial charge on any atom is 0.246 e. The monoisotopic (exact) mass is 289 g/mol. The highest BCUT2D eigenvalue weighted by molar-refractivity contribution is 6.03. The Bertz CT molecular complexity index is 536. The van der Waals surface area contributed by atoms with Gasteiger partial charge < -0.3 is 20.3 Å². The van der Waals surface area contributed by atoms with E-state index in [0.717, 1.165) is 36.6 Å². The molecular weight excluding hydrogens is 266 g/mol. The van der Waals surface area contributed by atoms with E-state index >= 15 is 0 Å². The van der Waals surface area contributed by atoms with Crippen LogP contribution in [0.4, 0.5) is 11.4 Å². The molecule has 3 atom stereocenters. The number of anilines is 2. The van der Waals surface area contributed by atoms with Gasteiger partial charge in [-0.05, 0) is 32.5 Å². The molecule has 1 fully saturated rings. The van der Waals surface area contributed by atoms with Gasteiger partial charge in [0.15, 0.2) is 0 Å². The summed E-state index contributed by atoms with van der Waals surface area (Å²) in [5.74, 6) is 0.0349. The van der Waals surface area contributed by atoms with E-state index < -0.39 is 0 Å². The van der Waals surface area contributed by atoms with Gasteiger partial charge in [-0.15, -0.1) is 0 Å². The highest BCUT2D eigenvalue weighted by atomic mass is 16.5. The molecule has 0 aromatic heterocycles. The Kier molecular flexibility index (Phi) is 3.87. The van der Waals surface area contributed by atoms with Crippen molar-refractivity contribution in [3.63, 3.8) is 0 Å². The lowest BCUT2D eigenvalue weighted by Gasteiger charge is -2.37. The average molecular weight is 289 g/mol. The topological polar surface area (TPSA) is 53.6 Å². The summed E-state index contributed by atoms with van der Waals surface area (Å²) in [6.45, 7) is 8.74. The number of nitrogens with one attached hydrogen (secondary N) is 2. The molecule has 0 bridgehead atoms. The third-order valence-electron chi connectivity index (χ3n) is 4.06. The van der Waals surface area contributed by atoms with Crippen LogP contribution < -0.4 is 15.5 Å². The summed E-state index contributed by atoms with van der Waals surface area (Å²) in [7, 11) is 0. The molecule has 3 rings (SSSR count). The van der Waals surface area contributed by atoms with Gasteiger partial charge in [0.25, 0.3) is 0 Å². The first kappa shape index (κ1) is 14.4. The van der Waals surface area contributed by atoms with Gasteiger partial charge in [-0.1, -0.05) is 13.0 Å². The third-order valence-corrected chi connectivity index (χ3v) is 4.06. The largest absolute Gasteiger partial charge is 0.372 e. The van der Waals surface area contributed by atoms with Crippen molar-refractivity contribution >= 4 is 17.3 Å². The van der Waals surface area contributed by atoms with Gasteiger partial charge in [0, 0.05) is 30.0 Å². The molecule has 5 heteroatoms. The van der Waals surface area contributed by atoms with Crippen molar-refractivity contribution in [3.05, 3.63) is 23.8 Å². The molecule has 1 aromatic rings. The smallest absolute Gasteiger partial charge is 0.246 e. The number of amides is 1. The number of morpholine rings is 1. The summed E-state index contributed by atoms with van der Waals surface area (Å²) in [6.07, 6.45) is 0.456. The average Bonchev–Trinajstić information content (AvgIpc) is 2.74. The SMILES string of the molecule is CCNC1C(=O)Nc2cc(N3CC(C)OC(C)C3)ccc21. The van der Waals surface area contributed by atoms with Crippen LogP contribution in [-0.4, -0.2) is 37.7 Å². The number of nitrogens with zero attached hydrogens (tertiary/aromatic N) is 1. The molecule has 21 heavy (non-hydrogen) atoms. The van der Waals surface area contributed by atoms with Crippen LogP contribution in [-0.2, 0) is 9.53 Å². The minimum Gasteiger partial charge on any atom is -0.372 e. The quantitative estimate of drug-likeness (QED) is 0.892. The number of rotatable bonds is 3. The fraction of sp³-hybridized carbons (Fsp3) is 0.562. The molecule has 2 aliphatic rings. The minimum atomic E-state index is -0.221. The van der Waals surface area contributed by atoms with E-state index in [2.05, 4.69) is 47.6 Å². The molecule has 1 amide bonds. The molecule has 1 saturated heterocycles. The summed E-state index contributed by atoms with van der Waals surface area (Å²) >= 11 is 0. The molecule has 3 unspecified atom stereocenters. The van der Waals surface area contributed by atoms with Crippen molar-refractivity contribution in [2.45, 2.75) is 39.0 Å². The molecule has 0 spiro atoms. The van der Waals surface area contributed by atoms with Gasteiger partial charge in [-0.3, -0.25) is 4.79 Å². The van der Waals surface area contributed by atoms with E-state index in [1.54, 1.807) is 0 Å². The summed E-state index contributed by atoms with van der Waals surface area (Å²) in [4.78, 5) is 14.3. The number of carbonyl (C=O) groups is 1. The number of ether oxygens (including phenoxy) is 1. The minimum absolute atomic E-state index is 0.0349. The lowest BCUT2D eigenvalue weighted by Crippen LogP contribution is -2.45. The van der Waals surface area contributed by atoms with Crippen molar-refractivity contribution in [3.8, 4) is 0 Å². The second-order valence-corrected chi connectivity index (χ2v) is 5.91. The van der Waals surface area contributed by atoms with Gasteiger partial charge in [0.05, 0.1) is 12.2 Å². The maximum atomic E-state index is 12.0. The normalized spacial score (nSPS) is 28.4. The van der Waals surface area contributed by atoms with Crippen LogP contribution in [0.25, 0.3) is 0 Å². The van der Waals surface area contributed by atoms with Crippen LogP contribution in [0.5, 0.6) is 0 Å². The maximum absolute atomic E-state index is 12.0. The van der Waals surface area contributed by atoms with Crippen molar-refractivity contribution in [1.29, 1.82) is 0 Å². The van der Waals surface area contributed by atoms with Crippen LogP contribution in [0.2, 0.25) is 0 Å². The highest BCUT2D eigenvalue weighted by Crippen LogP contribution is 2.34. The number of hydrogen-bond acceptors (Lipinski definition) is 4. The summed E-state index contributed by atoms with van der Waals surface area (Å²) in [5.41, 5.74) is 3.11. The van der Waals surface area contributed by atoms with Crippen molar-refractivity contribution in [2.24, 2.45) is 0 Å². The third kappa shape index (κ3) is 2.76. The number of hydrogen-bond donors (Lipinski definition) is 2. The molecule has 0 aliphatic carbocycles. The zero-order chi connectivity index (χ0) is 15.0. The van der Waals surface area contributed by atoms with Crippen molar-refractivity contribution < 1.29 is 9.53 Å². The second-order valence-electron chi connectivity index (χ2n) is 5.91. The Balaban J connectivity index is 1.84. The molecule has 2 N–H and O–H groups in total. The molecule has 1 aromatic carbocycles. The predicted octanol–water partition coefficient (Wildman–Crippen LogP) is 1.90. The van der Waals surface area contributed by atoms with E-state index in [4.69, 9.17) is 4.74 Å².